The minimum atomic E-state index is 0.542. The lowest BCUT2D eigenvalue weighted by molar-refractivity contribution is 0.222. The van der Waals surface area contributed by atoms with Crippen molar-refractivity contribution in [1.29, 1.82) is 5.26 Å². The van der Waals surface area contributed by atoms with Crippen LogP contribution in [0.5, 0.6) is 5.75 Å². The molecule has 0 saturated carbocycles. The minimum Gasteiger partial charge on any atom is -0.491 e. The summed E-state index contributed by atoms with van der Waals surface area (Å²) in [7, 11) is 0. The summed E-state index contributed by atoms with van der Waals surface area (Å²) >= 11 is 0. The predicted octanol–water partition coefficient (Wildman–Crippen LogP) is 2.29. The molecule has 0 spiro atoms. The summed E-state index contributed by atoms with van der Waals surface area (Å²) in [5.74, 6) is 0.648. The van der Waals surface area contributed by atoms with E-state index in [1.54, 1.807) is 0 Å². The average Bonchev–Trinajstić information content (AvgIpc) is 2.34. The smallest absolute Gasteiger partial charge is 0.140 e. The number of rotatable bonds is 6. The van der Waals surface area contributed by atoms with Crippen LogP contribution in [-0.2, 0) is 0 Å². The maximum atomic E-state index is 9.11. The van der Waals surface area contributed by atoms with Crippen molar-refractivity contribution in [1.82, 2.24) is 9.88 Å². The molecule has 1 rings (SSSR count). The number of hydrogen-bond donors (Lipinski definition) is 0. The fraction of sp³-hybridized carbons (Fsp3) is 0.571. The Morgan fingerprint density at radius 1 is 1.33 bits per heavy atom. The number of nitriles is 1. The molecule has 4 heteroatoms. The van der Waals surface area contributed by atoms with E-state index in [2.05, 4.69) is 29.8 Å². The van der Waals surface area contributed by atoms with Crippen LogP contribution >= 0.6 is 0 Å². The molecule has 0 amide bonds. The second-order valence-electron chi connectivity index (χ2n) is 4.21. The van der Waals surface area contributed by atoms with Gasteiger partial charge in [-0.1, -0.05) is 13.8 Å². The van der Waals surface area contributed by atoms with Gasteiger partial charge in [0.2, 0.25) is 0 Å². The molecule has 4 nitrogen and oxygen atoms in total. The van der Waals surface area contributed by atoms with E-state index in [1.165, 1.54) is 0 Å². The van der Waals surface area contributed by atoms with Gasteiger partial charge in [-0.25, -0.2) is 0 Å². The summed E-state index contributed by atoms with van der Waals surface area (Å²) in [6.07, 6.45) is 0. The van der Waals surface area contributed by atoms with Crippen molar-refractivity contribution < 1.29 is 4.74 Å². The topological polar surface area (TPSA) is 49.1 Å². The Morgan fingerprint density at radius 2 is 2.00 bits per heavy atom. The molecule has 0 unspecified atom stereocenters. The van der Waals surface area contributed by atoms with E-state index in [0.29, 0.717) is 17.9 Å². The van der Waals surface area contributed by atoms with Gasteiger partial charge in [0.05, 0.1) is 5.69 Å². The Kier molecular flexibility index (Phi) is 5.60. The quantitative estimate of drug-likeness (QED) is 0.774. The molecule has 0 aromatic carbocycles. The summed E-state index contributed by atoms with van der Waals surface area (Å²) in [4.78, 5) is 6.55. The first-order valence-electron chi connectivity index (χ1n) is 6.35. The van der Waals surface area contributed by atoms with Gasteiger partial charge in [-0.2, -0.15) is 5.26 Å². The largest absolute Gasteiger partial charge is 0.491 e. The predicted molar refractivity (Wildman–Crippen MR) is 71.7 cm³/mol. The number of ether oxygens (including phenoxy) is 1. The first-order chi connectivity index (χ1) is 8.62. The Morgan fingerprint density at radius 3 is 2.56 bits per heavy atom. The Bertz CT molecular complexity index is 433. The molecule has 0 fully saturated rings. The third kappa shape index (κ3) is 3.71. The highest BCUT2D eigenvalue weighted by Gasteiger charge is 2.09. The van der Waals surface area contributed by atoms with Crippen molar-refractivity contribution >= 4 is 0 Å². The molecule has 0 N–H and O–H groups in total. The van der Waals surface area contributed by atoms with Gasteiger partial charge in [0.25, 0.3) is 0 Å². The lowest BCUT2D eigenvalue weighted by Gasteiger charge is -2.18. The van der Waals surface area contributed by atoms with Crippen LogP contribution in [0.3, 0.4) is 0 Å². The Balaban J connectivity index is 2.70. The molecular formula is C14H21N3O. The maximum absolute atomic E-state index is 9.11. The monoisotopic (exact) mass is 247 g/mol. The van der Waals surface area contributed by atoms with Crippen LogP contribution < -0.4 is 4.74 Å². The highest BCUT2D eigenvalue weighted by Crippen LogP contribution is 2.21. The summed E-state index contributed by atoms with van der Waals surface area (Å²) in [6, 6.07) is 3.98. The fourth-order valence-electron chi connectivity index (χ4n) is 1.87. The Hall–Kier alpha value is -1.60. The van der Waals surface area contributed by atoms with Crippen LogP contribution in [0.4, 0.5) is 0 Å². The van der Waals surface area contributed by atoms with Crippen molar-refractivity contribution in [2.45, 2.75) is 27.7 Å². The summed E-state index contributed by atoms with van der Waals surface area (Å²) in [5, 5.41) is 9.11. The number of nitrogens with zero attached hydrogens (tertiary/aromatic N) is 3. The number of pyridine rings is 1. The number of aryl methyl sites for hydroxylation is 2. The van der Waals surface area contributed by atoms with Gasteiger partial charge < -0.3 is 9.64 Å². The van der Waals surface area contributed by atoms with Crippen LogP contribution in [0.15, 0.2) is 6.07 Å². The third-order valence-electron chi connectivity index (χ3n) is 2.96. The molecule has 0 atom stereocenters. The molecule has 0 radical (unpaired) electrons. The molecule has 18 heavy (non-hydrogen) atoms. The van der Waals surface area contributed by atoms with Crippen LogP contribution in [0.25, 0.3) is 0 Å². The van der Waals surface area contributed by atoms with E-state index in [1.807, 2.05) is 19.9 Å². The van der Waals surface area contributed by atoms with E-state index < -0.39 is 0 Å². The number of likely N-dealkylation sites (N-methyl/N-ethyl adjacent to an activating group) is 1. The second-order valence-corrected chi connectivity index (χ2v) is 4.21. The van der Waals surface area contributed by atoms with Gasteiger partial charge in [-0.05, 0) is 26.9 Å². The van der Waals surface area contributed by atoms with Crippen molar-refractivity contribution in [3.05, 3.63) is 23.0 Å². The van der Waals surface area contributed by atoms with Gasteiger partial charge in [-0.3, -0.25) is 4.98 Å². The van der Waals surface area contributed by atoms with Gasteiger partial charge >= 0.3 is 0 Å². The lowest BCUT2D eigenvalue weighted by atomic mass is 10.2. The molecule has 0 aliphatic heterocycles. The van der Waals surface area contributed by atoms with Gasteiger partial charge in [-0.15, -0.1) is 0 Å². The zero-order valence-corrected chi connectivity index (χ0v) is 11.7. The second kappa shape index (κ2) is 6.97. The molecule has 1 aromatic rings. The van der Waals surface area contributed by atoms with Crippen LogP contribution in [0, 0.1) is 25.2 Å². The number of hydrogen-bond acceptors (Lipinski definition) is 4. The van der Waals surface area contributed by atoms with E-state index in [-0.39, 0.29) is 0 Å². The minimum absolute atomic E-state index is 0.542. The van der Waals surface area contributed by atoms with Crippen molar-refractivity contribution in [3.8, 4) is 11.8 Å². The van der Waals surface area contributed by atoms with Crippen LogP contribution in [0.1, 0.15) is 30.8 Å². The average molecular weight is 247 g/mol. The fourth-order valence-corrected chi connectivity index (χ4v) is 1.87. The summed E-state index contributed by atoms with van der Waals surface area (Å²) in [6.45, 7) is 11.5. The molecule has 1 aromatic heterocycles. The standard InChI is InChI=1S/C14H21N3O/c1-5-17(6-2)7-8-18-14-9-11(3)16-12(4)13(14)10-15/h9H,5-8H2,1-4H3. The first kappa shape index (κ1) is 14.5. The van der Waals surface area contributed by atoms with Crippen molar-refractivity contribution in [2.24, 2.45) is 0 Å². The molecule has 0 aliphatic rings. The van der Waals surface area contributed by atoms with Crippen molar-refractivity contribution in [3.63, 3.8) is 0 Å². The molecule has 0 bridgehead atoms. The zero-order valence-electron chi connectivity index (χ0n) is 11.7. The highest BCUT2D eigenvalue weighted by atomic mass is 16.5. The lowest BCUT2D eigenvalue weighted by Crippen LogP contribution is -2.28. The molecular weight excluding hydrogens is 226 g/mol. The van der Waals surface area contributed by atoms with E-state index in [0.717, 1.165) is 31.0 Å². The van der Waals surface area contributed by atoms with Crippen LogP contribution in [-0.4, -0.2) is 36.1 Å². The van der Waals surface area contributed by atoms with Crippen LogP contribution in [0.2, 0.25) is 0 Å². The summed E-state index contributed by atoms with van der Waals surface area (Å²) < 4.78 is 5.72. The maximum Gasteiger partial charge on any atom is 0.140 e. The molecule has 0 aliphatic carbocycles. The van der Waals surface area contributed by atoms with Gasteiger partial charge in [0.15, 0.2) is 0 Å². The van der Waals surface area contributed by atoms with Gasteiger partial charge in [0, 0.05) is 18.3 Å². The SMILES string of the molecule is CCN(CC)CCOc1cc(C)nc(C)c1C#N. The summed E-state index contributed by atoms with van der Waals surface area (Å²) in [5.41, 5.74) is 2.15. The first-order valence-corrected chi connectivity index (χ1v) is 6.35. The van der Waals surface area contributed by atoms with E-state index >= 15 is 0 Å². The third-order valence-corrected chi connectivity index (χ3v) is 2.96. The van der Waals surface area contributed by atoms with E-state index in [9.17, 15) is 0 Å². The highest BCUT2D eigenvalue weighted by molar-refractivity contribution is 5.46. The molecule has 1 heterocycles. The normalized spacial score (nSPS) is 10.4. The molecule has 98 valence electrons. The number of aromatic nitrogens is 1. The van der Waals surface area contributed by atoms with Crippen molar-refractivity contribution in [2.75, 3.05) is 26.2 Å². The van der Waals surface area contributed by atoms with Gasteiger partial charge in [0.1, 0.15) is 24.0 Å². The Labute approximate surface area is 109 Å². The van der Waals surface area contributed by atoms with E-state index in [4.69, 9.17) is 10.00 Å². The molecule has 0 saturated heterocycles. The zero-order chi connectivity index (χ0) is 13.5.